The van der Waals surface area contributed by atoms with E-state index < -0.39 is 15.1 Å². The zero-order valence-corrected chi connectivity index (χ0v) is 13.1. The van der Waals surface area contributed by atoms with Gasteiger partial charge in [0.2, 0.25) is 0 Å². The van der Waals surface area contributed by atoms with Crippen LogP contribution in [0.2, 0.25) is 0 Å². The quantitative estimate of drug-likeness (QED) is 0.597. The van der Waals surface area contributed by atoms with E-state index >= 15 is 0 Å². The van der Waals surface area contributed by atoms with Crippen molar-refractivity contribution in [3.8, 4) is 3.58 Å². The summed E-state index contributed by atoms with van der Waals surface area (Å²) >= 11 is -0.559. The Morgan fingerprint density at radius 1 is 1.67 bits per heavy atom. The minimum atomic E-state index is -0.931. The molecule has 0 radical (unpaired) electrons. The van der Waals surface area contributed by atoms with Crippen LogP contribution in [0.5, 0.6) is 0 Å². The van der Waals surface area contributed by atoms with Gasteiger partial charge in [-0.25, -0.2) is 0 Å². The third-order valence-corrected chi connectivity index (χ3v) is 0. The van der Waals surface area contributed by atoms with Gasteiger partial charge in [-0.1, -0.05) is 0 Å². The van der Waals surface area contributed by atoms with Crippen LogP contribution >= 0.6 is 19.4 Å². The summed E-state index contributed by atoms with van der Waals surface area (Å²) in [4.78, 5) is 0. The van der Waals surface area contributed by atoms with Crippen molar-refractivity contribution < 1.29 is 41.3 Å². The Hall–Kier alpha value is 1.63. The Morgan fingerprint density at radius 3 is 1.67 bits per heavy atom. The zero-order valence-electron chi connectivity index (χ0n) is 3.12. The molecule has 1 nitrogen and oxygen atoms in total. The van der Waals surface area contributed by atoms with Crippen LogP contribution in [0.4, 0.5) is 0 Å². The molecule has 0 N–H and O–H groups in total. The van der Waals surface area contributed by atoms with Gasteiger partial charge >= 0.3 is 69.5 Å². The van der Waals surface area contributed by atoms with Crippen molar-refractivity contribution in [1.29, 1.82) is 5.26 Å². The number of hydrogen-bond donors (Lipinski definition) is 0. The molecule has 6 heavy (non-hydrogen) atoms. The van der Waals surface area contributed by atoms with Gasteiger partial charge in [0.05, 0.1) is 0 Å². The van der Waals surface area contributed by atoms with Crippen molar-refractivity contribution in [2.24, 2.45) is 0 Å². The van der Waals surface area contributed by atoms with Gasteiger partial charge in [0.15, 0.2) is 0 Å². The van der Waals surface area contributed by atoms with E-state index in [2.05, 4.69) is 0 Å². The Kier molecular flexibility index (Phi) is 28.1. The van der Waals surface area contributed by atoms with Crippen LogP contribution in [0.25, 0.3) is 0 Å². The summed E-state index contributed by atoms with van der Waals surface area (Å²) in [6, 6.07) is 0. The molecule has 0 aromatic carbocycles. The molecule has 0 atom stereocenters. The Bertz CT molecular complexity index is 43.3. The maximum absolute atomic E-state index is 7.41. The normalized spacial score (nSPS) is 3.17. The van der Waals surface area contributed by atoms with Crippen molar-refractivity contribution in [3.63, 3.8) is 0 Å². The van der Waals surface area contributed by atoms with E-state index in [1.165, 1.54) is 0 Å². The summed E-state index contributed by atoms with van der Waals surface area (Å²) in [5, 5.41) is 7.41. The predicted octanol–water partition coefficient (Wildman–Crippen LogP) is 1.39. The number of nitrogens with zero attached hydrogens (tertiary/aromatic N) is 1. The molecule has 0 aliphatic rings. The standard InChI is InChI=1S/CN.2ClH.Hg.Zn/c1-2;;;;/h;2*1H;;/q;;;;+2/p-2. The van der Waals surface area contributed by atoms with Crippen LogP contribution < -0.4 is 0 Å². The van der Waals surface area contributed by atoms with Crippen LogP contribution in [0.15, 0.2) is 0 Å². The van der Waals surface area contributed by atoms with Gasteiger partial charge in [-0.15, -0.1) is 0 Å². The van der Waals surface area contributed by atoms with Crippen LogP contribution in [0.3, 0.4) is 0 Å². The predicted molar refractivity (Wildman–Crippen MR) is 17.3 cm³/mol. The van der Waals surface area contributed by atoms with Gasteiger partial charge in [-0.05, 0) is 0 Å². The Morgan fingerprint density at radius 2 is 1.67 bits per heavy atom. The molecule has 0 unspecified atom stereocenters. The molecule has 0 aromatic heterocycles. The molecule has 0 aromatic rings. The third-order valence-electron chi connectivity index (χ3n) is 0. The molecule has 0 amide bonds. The average Bonchev–Trinajstić information content (AvgIpc) is 1.39. The van der Waals surface area contributed by atoms with E-state index in [0.29, 0.717) is 26.1 Å². The first-order chi connectivity index (χ1) is 2.83. The fourth-order valence-corrected chi connectivity index (χ4v) is 0. The van der Waals surface area contributed by atoms with Crippen molar-refractivity contribution in [2.45, 2.75) is 0 Å². The molecule has 5 heteroatoms. The monoisotopic (exact) mass is 362 g/mol. The molecule has 0 bridgehead atoms. The zero-order chi connectivity index (χ0) is 5.41. The van der Waals surface area contributed by atoms with Crippen LogP contribution in [-0.2, 0) is 41.3 Å². The Labute approximate surface area is 68.6 Å². The summed E-state index contributed by atoms with van der Waals surface area (Å²) in [5.74, 6) is 0. The van der Waals surface area contributed by atoms with Gasteiger partial charge in [0.1, 0.15) is 0 Å². The summed E-state index contributed by atoms with van der Waals surface area (Å²) in [6.07, 6.45) is 0. The SMILES string of the molecule is N#[C][Hg].[Cl][Zn][Cl]. The second kappa shape index (κ2) is 15.9. The molecule has 0 saturated heterocycles. The van der Waals surface area contributed by atoms with Gasteiger partial charge in [-0.2, -0.15) is 0 Å². The van der Waals surface area contributed by atoms with E-state index in [-0.39, 0.29) is 0 Å². The van der Waals surface area contributed by atoms with Crippen LogP contribution in [-0.4, -0.2) is 0 Å². The molecule has 0 spiro atoms. The van der Waals surface area contributed by atoms with Crippen molar-refractivity contribution in [1.82, 2.24) is 0 Å². The second-order valence-electron chi connectivity index (χ2n) is 0.259. The summed E-state index contributed by atoms with van der Waals surface area (Å²) in [6.45, 7) is 0. The molecular weight excluding hydrogens is 363 g/mol. The van der Waals surface area contributed by atoms with Crippen LogP contribution in [0.1, 0.15) is 0 Å². The van der Waals surface area contributed by atoms with Crippen molar-refractivity contribution in [2.75, 3.05) is 0 Å². The first kappa shape index (κ1) is 10.6. The molecular formula is CCl2HgNZn. The van der Waals surface area contributed by atoms with E-state index in [1.807, 2.05) is 3.58 Å². The molecule has 0 rings (SSSR count). The van der Waals surface area contributed by atoms with E-state index in [4.69, 9.17) is 24.6 Å². The van der Waals surface area contributed by atoms with E-state index in [1.54, 1.807) is 0 Å². The number of halogens is 2. The second-order valence-corrected chi connectivity index (χ2v) is 6.11. The van der Waals surface area contributed by atoms with Crippen molar-refractivity contribution >= 4 is 19.4 Å². The topological polar surface area (TPSA) is 23.8 Å². The number of nitriles is 1. The third kappa shape index (κ3) is 45.5. The Balaban J connectivity index is 0. The minimum absolute atomic E-state index is 0.372. The van der Waals surface area contributed by atoms with E-state index in [9.17, 15) is 0 Å². The fraction of sp³-hybridized carbons (Fsp3) is 0. The average molecular weight is 363 g/mol. The van der Waals surface area contributed by atoms with E-state index in [0.717, 1.165) is 0 Å². The van der Waals surface area contributed by atoms with Gasteiger partial charge in [-0.3, -0.25) is 0 Å². The fourth-order valence-electron chi connectivity index (χ4n) is 0. The first-order valence-electron chi connectivity index (χ1n) is 1.11. The van der Waals surface area contributed by atoms with Gasteiger partial charge < -0.3 is 0 Å². The van der Waals surface area contributed by atoms with Crippen molar-refractivity contribution in [3.05, 3.63) is 0 Å². The maximum atomic E-state index is 7.41. The number of rotatable bonds is 0. The molecule has 0 aliphatic carbocycles. The summed E-state index contributed by atoms with van der Waals surface area (Å²) < 4.78 is 1.94. The summed E-state index contributed by atoms with van der Waals surface area (Å²) in [5.41, 5.74) is 0. The number of hydrogen-bond acceptors (Lipinski definition) is 1. The molecule has 0 aliphatic heterocycles. The van der Waals surface area contributed by atoms with Crippen LogP contribution in [0, 0.1) is 8.84 Å². The van der Waals surface area contributed by atoms with Gasteiger partial charge in [0, 0.05) is 0 Å². The molecule has 27 valence electrons. The molecule has 0 heterocycles. The first-order valence-corrected chi connectivity index (χ1v) is 11.7. The molecule has 0 fully saturated rings. The van der Waals surface area contributed by atoms with Gasteiger partial charge in [0.25, 0.3) is 0 Å². The molecule has 0 saturated carbocycles. The summed E-state index contributed by atoms with van der Waals surface area (Å²) in [7, 11) is 9.90.